The van der Waals surface area contributed by atoms with Gasteiger partial charge in [-0.05, 0) is 17.7 Å². The zero-order valence-electron chi connectivity index (χ0n) is 10.7. The van der Waals surface area contributed by atoms with Gasteiger partial charge in [-0.1, -0.05) is 37.3 Å². The number of aromatic nitrogens is 1. The Hall–Kier alpha value is -2.49. The fourth-order valence-corrected chi connectivity index (χ4v) is 1.61. The van der Waals surface area contributed by atoms with Gasteiger partial charge < -0.3 is 0 Å². The summed E-state index contributed by atoms with van der Waals surface area (Å²) in [5.41, 5.74) is 4.14. The molecule has 1 amide bonds. The predicted molar refractivity (Wildman–Crippen MR) is 75.1 cm³/mol. The molecule has 0 aliphatic rings. The van der Waals surface area contributed by atoms with E-state index in [1.165, 1.54) is 6.20 Å². The van der Waals surface area contributed by atoms with Gasteiger partial charge in [-0.2, -0.15) is 5.10 Å². The Morgan fingerprint density at radius 3 is 2.74 bits per heavy atom. The molecule has 0 bridgehead atoms. The minimum absolute atomic E-state index is 0.149. The Labute approximate surface area is 112 Å². The number of nitrogens with zero attached hydrogens (tertiary/aromatic N) is 2. The van der Waals surface area contributed by atoms with Crippen LogP contribution in [0.25, 0.3) is 0 Å². The van der Waals surface area contributed by atoms with E-state index in [-0.39, 0.29) is 11.8 Å². The standard InChI is InChI=1S/C15H15N3O/c1-12(13-6-3-2-4-7-13)10-17-18-15(19)14-8-5-9-16-11-14/h2-12H,1H3,(H,18,19)/b17-10-/t12-/m1/s1. The average Bonchev–Trinajstić information content (AvgIpc) is 2.49. The maximum atomic E-state index is 11.7. The second-order valence-electron chi connectivity index (χ2n) is 4.16. The van der Waals surface area contributed by atoms with Crippen molar-refractivity contribution in [3.63, 3.8) is 0 Å². The molecule has 1 atom stereocenters. The van der Waals surface area contributed by atoms with Gasteiger partial charge in [0.25, 0.3) is 5.91 Å². The van der Waals surface area contributed by atoms with Crippen molar-refractivity contribution in [3.8, 4) is 0 Å². The molecule has 0 saturated heterocycles. The first kappa shape index (κ1) is 13.0. The van der Waals surface area contributed by atoms with Crippen molar-refractivity contribution in [1.82, 2.24) is 10.4 Å². The first-order valence-electron chi connectivity index (χ1n) is 6.06. The third kappa shape index (κ3) is 3.74. The van der Waals surface area contributed by atoms with Crippen molar-refractivity contribution in [1.29, 1.82) is 0 Å². The molecule has 0 aliphatic carbocycles. The van der Waals surface area contributed by atoms with E-state index in [1.54, 1.807) is 24.5 Å². The topological polar surface area (TPSA) is 54.4 Å². The third-order valence-electron chi connectivity index (χ3n) is 2.71. The van der Waals surface area contributed by atoms with E-state index in [0.29, 0.717) is 5.56 Å². The Balaban J connectivity index is 1.92. The van der Waals surface area contributed by atoms with Crippen LogP contribution in [0.3, 0.4) is 0 Å². The Bertz CT molecular complexity index is 552. The summed E-state index contributed by atoms with van der Waals surface area (Å²) in [7, 11) is 0. The lowest BCUT2D eigenvalue weighted by molar-refractivity contribution is 0.0954. The van der Waals surface area contributed by atoms with Gasteiger partial charge in [-0.15, -0.1) is 0 Å². The van der Waals surface area contributed by atoms with Crippen LogP contribution in [0.5, 0.6) is 0 Å². The molecule has 0 saturated carbocycles. The Morgan fingerprint density at radius 1 is 1.26 bits per heavy atom. The number of rotatable bonds is 4. The average molecular weight is 253 g/mol. The zero-order valence-corrected chi connectivity index (χ0v) is 10.7. The van der Waals surface area contributed by atoms with Crippen LogP contribution in [0, 0.1) is 0 Å². The third-order valence-corrected chi connectivity index (χ3v) is 2.71. The molecule has 96 valence electrons. The quantitative estimate of drug-likeness (QED) is 0.672. The highest BCUT2D eigenvalue weighted by Gasteiger charge is 2.04. The summed E-state index contributed by atoms with van der Waals surface area (Å²) >= 11 is 0. The van der Waals surface area contributed by atoms with Gasteiger partial charge in [0.15, 0.2) is 0 Å². The van der Waals surface area contributed by atoms with Gasteiger partial charge >= 0.3 is 0 Å². The molecule has 0 aliphatic heterocycles. The maximum absolute atomic E-state index is 11.7. The second kappa shape index (κ2) is 6.44. The van der Waals surface area contributed by atoms with E-state index in [1.807, 2.05) is 37.3 Å². The van der Waals surface area contributed by atoms with Crippen LogP contribution in [0.4, 0.5) is 0 Å². The number of nitrogens with one attached hydrogen (secondary N) is 1. The van der Waals surface area contributed by atoms with E-state index in [2.05, 4.69) is 15.5 Å². The molecule has 0 fully saturated rings. The number of carbonyl (C=O) groups is 1. The zero-order chi connectivity index (χ0) is 13.5. The van der Waals surface area contributed by atoms with Crippen molar-refractivity contribution in [2.45, 2.75) is 12.8 Å². The summed E-state index contributed by atoms with van der Waals surface area (Å²) in [6, 6.07) is 13.4. The molecule has 1 heterocycles. The Morgan fingerprint density at radius 2 is 2.05 bits per heavy atom. The number of pyridine rings is 1. The van der Waals surface area contributed by atoms with Gasteiger partial charge in [-0.25, -0.2) is 5.43 Å². The van der Waals surface area contributed by atoms with Crippen molar-refractivity contribution in [2.75, 3.05) is 0 Å². The van der Waals surface area contributed by atoms with Gasteiger partial charge in [0.2, 0.25) is 0 Å². The molecule has 0 spiro atoms. The van der Waals surface area contributed by atoms with Crippen LogP contribution in [0.15, 0.2) is 60.0 Å². The molecule has 4 nitrogen and oxygen atoms in total. The molecule has 0 radical (unpaired) electrons. The molecule has 1 aromatic carbocycles. The normalized spacial score (nSPS) is 12.3. The highest BCUT2D eigenvalue weighted by Crippen LogP contribution is 2.11. The summed E-state index contributed by atoms with van der Waals surface area (Å²) in [5.74, 6) is -0.111. The van der Waals surface area contributed by atoms with Gasteiger partial charge in [0.05, 0.1) is 5.56 Å². The summed E-state index contributed by atoms with van der Waals surface area (Å²) in [5, 5.41) is 3.97. The van der Waals surface area contributed by atoms with E-state index in [4.69, 9.17) is 0 Å². The van der Waals surface area contributed by atoms with E-state index in [0.717, 1.165) is 5.56 Å². The first-order chi connectivity index (χ1) is 9.27. The van der Waals surface area contributed by atoms with Crippen LogP contribution in [-0.2, 0) is 0 Å². The number of carbonyl (C=O) groups excluding carboxylic acids is 1. The summed E-state index contributed by atoms with van der Waals surface area (Å²) < 4.78 is 0. The number of benzene rings is 1. The largest absolute Gasteiger partial charge is 0.272 e. The lowest BCUT2D eigenvalue weighted by Crippen LogP contribution is -2.18. The molecule has 4 heteroatoms. The van der Waals surface area contributed by atoms with Crippen molar-refractivity contribution < 1.29 is 4.79 Å². The molecule has 19 heavy (non-hydrogen) atoms. The monoisotopic (exact) mass is 253 g/mol. The Kier molecular flexibility index (Phi) is 4.39. The number of hydrazone groups is 1. The number of hydrogen-bond acceptors (Lipinski definition) is 3. The van der Waals surface area contributed by atoms with E-state index in [9.17, 15) is 4.79 Å². The van der Waals surface area contributed by atoms with Crippen LogP contribution in [0.1, 0.15) is 28.8 Å². The molecule has 2 rings (SSSR count). The predicted octanol–water partition coefficient (Wildman–Crippen LogP) is 2.60. The maximum Gasteiger partial charge on any atom is 0.272 e. The smallest absolute Gasteiger partial charge is 0.267 e. The van der Waals surface area contributed by atoms with Crippen LogP contribution in [-0.4, -0.2) is 17.1 Å². The minimum atomic E-state index is -0.260. The highest BCUT2D eigenvalue weighted by atomic mass is 16.2. The fraction of sp³-hybridized carbons (Fsp3) is 0.133. The van der Waals surface area contributed by atoms with Gasteiger partial charge in [-0.3, -0.25) is 9.78 Å². The van der Waals surface area contributed by atoms with E-state index >= 15 is 0 Å². The minimum Gasteiger partial charge on any atom is -0.267 e. The fourth-order valence-electron chi connectivity index (χ4n) is 1.61. The van der Waals surface area contributed by atoms with Crippen LogP contribution < -0.4 is 5.43 Å². The summed E-state index contributed by atoms with van der Waals surface area (Å²) in [6.07, 6.45) is 4.84. The molecular formula is C15H15N3O. The van der Waals surface area contributed by atoms with Crippen molar-refractivity contribution in [3.05, 3.63) is 66.0 Å². The van der Waals surface area contributed by atoms with Crippen molar-refractivity contribution in [2.24, 2.45) is 5.10 Å². The van der Waals surface area contributed by atoms with Gasteiger partial charge in [0, 0.05) is 24.5 Å². The molecule has 1 N–H and O–H groups in total. The lowest BCUT2D eigenvalue weighted by Gasteiger charge is -2.05. The van der Waals surface area contributed by atoms with E-state index < -0.39 is 0 Å². The lowest BCUT2D eigenvalue weighted by atomic mass is 10.0. The molecular weight excluding hydrogens is 238 g/mol. The van der Waals surface area contributed by atoms with Crippen molar-refractivity contribution >= 4 is 12.1 Å². The van der Waals surface area contributed by atoms with Gasteiger partial charge in [0.1, 0.15) is 0 Å². The SMILES string of the molecule is C[C@H](/C=N\NC(=O)c1cccnc1)c1ccccc1. The number of amides is 1. The molecule has 2 aromatic rings. The summed E-state index contributed by atoms with van der Waals surface area (Å²) in [6.45, 7) is 2.02. The van der Waals surface area contributed by atoms with Crippen LogP contribution in [0.2, 0.25) is 0 Å². The second-order valence-corrected chi connectivity index (χ2v) is 4.16. The number of hydrogen-bond donors (Lipinski definition) is 1. The van der Waals surface area contributed by atoms with Crippen LogP contribution >= 0.6 is 0 Å². The molecule has 0 unspecified atom stereocenters. The first-order valence-corrected chi connectivity index (χ1v) is 6.06. The summed E-state index contributed by atoms with van der Waals surface area (Å²) in [4.78, 5) is 15.6. The molecule has 1 aromatic heterocycles. The highest BCUT2D eigenvalue weighted by molar-refractivity contribution is 5.94.